The molecule has 4 heteroatoms. The highest BCUT2D eigenvalue weighted by molar-refractivity contribution is 9.10. The number of hydrogen-bond donors (Lipinski definition) is 1. The van der Waals surface area contributed by atoms with Gasteiger partial charge in [-0.1, -0.05) is 17.7 Å². The lowest BCUT2D eigenvalue weighted by Gasteiger charge is -2.17. The smallest absolute Gasteiger partial charge is 0.0585 e. The summed E-state index contributed by atoms with van der Waals surface area (Å²) >= 11 is 11.4. The molecule has 0 amide bonds. The van der Waals surface area contributed by atoms with Crippen molar-refractivity contribution >= 4 is 38.9 Å². The Balaban J connectivity index is 2.45. The van der Waals surface area contributed by atoms with E-state index in [2.05, 4.69) is 47.2 Å². The van der Waals surface area contributed by atoms with Crippen LogP contribution in [0.5, 0.6) is 0 Å². The number of rotatable bonds is 3. The Kier molecular flexibility index (Phi) is 4.49. The third kappa shape index (κ3) is 2.80. The first-order valence-electron chi connectivity index (χ1n) is 5.72. The van der Waals surface area contributed by atoms with E-state index in [0.717, 1.165) is 9.50 Å². The summed E-state index contributed by atoms with van der Waals surface area (Å²) in [6, 6.07) is 8.55. The zero-order valence-corrected chi connectivity index (χ0v) is 13.7. The molecule has 1 unspecified atom stereocenters. The summed E-state index contributed by atoms with van der Waals surface area (Å²) in [6.07, 6.45) is 0. The molecule has 0 saturated carbocycles. The normalized spacial score (nSPS) is 12.7. The first-order valence-corrected chi connectivity index (χ1v) is 7.71. The van der Waals surface area contributed by atoms with E-state index in [4.69, 9.17) is 11.6 Å². The molecule has 0 spiro atoms. The van der Waals surface area contributed by atoms with Gasteiger partial charge in [0.25, 0.3) is 0 Å². The summed E-state index contributed by atoms with van der Waals surface area (Å²) < 4.78 is 0.931. The van der Waals surface area contributed by atoms with Crippen molar-refractivity contribution in [3.05, 3.63) is 54.6 Å². The molecule has 2 aromatic rings. The van der Waals surface area contributed by atoms with E-state index in [1.165, 1.54) is 20.9 Å². The maximum absolute atomic E-state index is 6.18. The van der Waals surface area contributed by atoms with Gasteiger partial charge in [-0.05, 0) is 66.2 Å². The zero-order chi connectivity index (χ0) is 13.3. The lowest BCUT2D eigenvalue weighted by Crippen LogP contribution is -2.17. The van der Waals surface area contributed by atoms with E-state index in [0.29, 0.717) is 0 Å². The molecule has 1 nitrogen and oxygen atoms in total. The molecule has 1 heterocycles. The van der Waals surface area contributed by atoms with Crippen LogP contribution in [0.4, 0.5) is 0 Å². The quantitative estimate of drug-likeness (QED) is 0.818. The van der Waals surface area contributed by atoms with E-state index < -0.39 is 0 Å². The van der Waals surface area contributed by atoms with Crippen molar-refractivity contribution in [2.75, 3.05) is 7.05 Å². The maximum Gasteiger partial charge on any atom is 0.0585 e. The molecule has 1 atom stereocenters. The first kappa shape index (κ1) is 14.1. The van der Waals surface area contributed by atoms with Crippen molar-refractivity contribution in [3.63, 3.8) is 0 Å². The van der Waals surface area contributed by atoms with Crippen LogP contribution in [0.3, 0.4) is 0 Å². The predicted octanol–water partition coefficient (Wildman–Crippen LogP) is 5.09. The number of benzene rings is 1. The summed E-state index contributed by atoms with van der Waals surface area (Å²) in [5, 5.41) is 4.12. The Morgan fingerprint density at radius 3 is 2.50 bits per heavy atom. The van der Waals surface area contributed by atoms with Gasteiger partial charge >= 0.3 is 0 Å². The Morgan fingerprint density at radius 1 is 1.28 bits per heavy atom. The van der Waals surface area contributed by atoms with Crippen molar-refractivity contribution < 1.29 is 0 Å². The van der Waals surface area contributed by atoms with Crippen LogP contribution in [0, 0.1) is 13.8 Å². The van der Waals surface area contributed by atoms with Gasteiger partial charge < -0.3 is 5.32 Å². The van der Waals surface area contributed by atoms with E-state index in [-0.39, 0.29) is 6.04 Å². The molecule has 1 aromatic carbocycles. The predicted molar refractivity (Wildman–Crippen MR) is 83.8 cm³/mol. The molecule has 0 fully saturated rings. The number of aryl methyl sites for hydroxylation is 2. The van der Waals surface area contributed by atoms with Gasteiger partial charge in [-0.3, -0.25) is 0 Å². The summed E-state index contributed by atoms with van der Waals surface area (Å²) in [5.41, 5.74) is 2.52. The van der Waals surface area contributed by atoms with E-state index in [1.54, 1.807) is 0 Å². The lowest BCUT2D eigenvalue weighted by atomic mass is 9.99. The fraction of sp³-hybridized carbons (Fsp3) is 0.286. The third-order valence-corrected chi connectivity index (χ3v) is 5.17. The van der Waals surface area contributed by atoms with E-state index in [9.17, 15) is 0 Å². The molecule has 0 aliphatic carbocycles. The summed E-state index contributed by atoms with van der Waals surface area (Å²) in [7, 11) is 1.98. The molecular weight excluding hydrogens is 330 g/mol. The molecule has 0 aliphatic rings. The van der Waals surface area contributed by atoms with Gasteiger partial charge in [0.1, 0.15) is 0 Å². The standard InChI is InChI=1S/C14H15BrClNS/c1-8-6-11(9(2)18-8)14(17-3)10-4-5-12(15)13(16)7-10/h4-7,14,17H,1-3H3. The van der Waals surface area contributed by atoms with Crippen LogP contribution in [0.2, 0.25) is 5.02 Å². The highest BCUT2D eigenvalue weighted by Gasteiger charge is 2.17. The van der Waals surface area contributed by atoms with E-state index in [1.807, 2.05) is 30.5 Å². The number of halogens is 2. The summed E-state index contributed by atoms with van der Waals surface area (Å²) in [6.45, 7) is 4.31. The van der Waals surface area contributed by atoms with Crippen LogP contribution in [0.1, 0.15) is 26.9 Å². The Hall–Kier alpha value is -0.350. The Morgan fingerprint density at radius 2 is 2.00 bits per heavy atom. The average molecular weight is 345 g/mol. The van der Waals surface area contributed by atoms with E-state index >= 15 is 0 Å². The maximum atomic E-state index is 6.18. The largest absolute Gasteiger partial charge is 0.309 e. The molecule has 0 radical (unpaired) electrons. The highest BCUT2D eigenvalue weighted by Crippen LogP contribution is 2.33. The van der Waals surface area contributed by atoms with Gasteiger partial charge in [-0.15, -0.1) is 11.3 Å². The molecule has 1 N–H and O–H groups in total. The second-order valence-corrected chi connectivity index (χ2v) is 6.99. The molecule has 0 aliphatic heterocycles. The van der Waals surface area contributed by atoms with Crippen LogP contribution < -0.4 is 5.32 Å². The molecule has 0 bridgehead atoms. The van der Waals surface area contributed by atoms with Gasteiger partial charge in [-0.2, -0.15) is 0 Å². The van der Waals surface area contributed by atoms with Crippen molar-refractivity contribution in [1.82, 2.24) is 5.32 Å². The topological polar surface area (TPSA) is 12.0 Å². The van der Waals surface area contributed by atoms with Gasteiger partial charge in [0.05, 0.1) is 11.1 Å². The highest BCUT2D eigenvalue weighted by atomic mass is 79.9. The van der Waals surface area contributed by atoms with Crippen LogP contribution in [-0.2, 0) is 0 Å². The molecule has 2 rings (SSSR count). The summed E-state index contributed by atoms with van der Waals surface area (Å²) in [5.74, 6) is 0. The van der Waals surface area contributed by atoms with Crippen LogP contribution in [0.15, 0.2) is 28.7 Å². The minimum absolute atomic E-state index is 0.195. The Bertz CT molecular complexity index is 565. The number of hydrogen-bond acceptors (Lipinski definition) is 2. The third-order valence-electron chi connectivity index (χ3n) is 2.96. The summed E-state index contributed by atoms with van der Waals surface area (Å²) in [4.78, 5) is 2.69. The zero-order valence-electron chi connectivity index (χ0n) is 10.6. The molecule has 1 aromatic heterocycles. The van der Waals surface area contributed by atoms with Gasteiger partial charge in [0, 0.05) is 14.2 Å². The van der Waals surface area contributed by atoms with Crippen LogP contribution >= 0.6 is 38.9 Å². The second kappa shape index (κ2) is 5.74. The average Bonchev–Trinajstić information content (AvgIpc) is 2.64. The van der Waals surface area contributed by atoms with Crippen LogP contribution in [0.25, 0.3) is 0 Å². The Labute approximate surface area is 125 Å². The molecule has 96 valence electrons. The minimum Gasteiger partial charge on any atom is -0.309 e. The molecular formula is C14H15BrClNS. The van der Waals surface area contributed by atoms with Crippen molar-refractivity contribution in [2.45, 2.75) is 19.9 Å². The fourth-order valence-electron chi connectivity index (χ4n) is 2.13. The number of thiophene rings is 1. The van der Waals surface area contributed by atoms with Gasteiger partial charge in [0.15, 0.2) is 0 Å². The van der Waals surface area contributed by atoms with Gasteiger partial charge in [-0.25, -0.2) is 0 Å². The number of nitrogens with one attached hydrogen (secondary N) is 1. The fourth-order valence-corrected chi connectivity index (χ4v) is 3.53. The molecule has 18 heavy (non-hydrogen) atoms. The van der Waals surface area contributed by atoms with Crippen molar-refractivity contribution in [1.29, 1.82) is 0 Å². The SMILES string of the molecule is CNC(c1ccc(Br)c(Cl)c1)c1cc(C)sc1C. The monoisotopic (exact) mass is 343 g/mol. The minimum atomic E-state index is 0.195. The van der Waals surface area contributed by atoms with Crippen molar-refractivity contribution in [2.24, 2.45) is 0 Å². The lowest BCUT2D eigenvalue weighted by molar-refractivity contribution is 0.690. The van der Waals surface area contributed by atoms with Crippen molar-refractivity contribution in [3.8, 4) is 0 Å². The van der Waals surface area contributed by atoms with Gasteiger partial charge in [0.2, 0.25) is 0 Å². The molecule has 0 saturated heterocycles. The van der Waals surface area contributed by atoms with Crippen LogP contribution in [-0.4, -0.2) is 7.05 Å². The second-order valence-electron chi connectivity index (χ2n) is 4.26. The first-order chi connectivity index (χ1) is 8.52.